The second-order valence-corrected chi connectivity index (χ2v) is 6.20. The van der Waals surface area contributed by atoms with E-state index in [1.165, 1.54) is 11.5 Å². The summed E-state index contributed by atoms with van der Waals surface area (Å²) < 4.78 is 5.23. The summed E-state index contributed by atoms with van der Waals surface area (Å²) in [6, 6.07) is 6.09. The first-order chi connectivity index (χ1) is 8.72. The van der Waals surface area contributed by atoms with Gasteiger partial charge in [-0.2, -0.15) is 4.37 Å². The van der Waals surface area contributed by atoms with Crippen LogP contribution >= 0.6 is 34.9 Å². The van der Waals surface area contributed by atoms with Gasteiger partial charge in [-0.25, -0.2) is 4.98 Å². The van der Waals surface area contributed by atoms with E-state index in [1.54, 1.807) is 11.8 Å². The molecule has 0 aliphatic heterocycles. The van der Waals surface area contributed by atoms with Gasteiger partial charge in [0.15, 0.2) is 4.34 Å². The molecule has 18 heavy (non-hydrogen) atoms. The van der Waals surface area contributed by atoms with E-state index in [0.29, 0.717) is 0 Å². The molecule has 0 unspecified atom stereocenters. The highest BCUT2D eigenvalue weighted by molar-refractivity contribution is 8.01. The summed E-state index contributed by atoms with van der Waals surface area (Å²) >= 11 is 9.26. The fourth-order valence-electron chi connectivity index (χ4n) is 1.45. The second kappa shape index (κ2) is 6.52. The van der Waals surface area contributed by atoms with E-state index in [2.05, 4.69) is 27.7 Å². The van der Waals surface area contributed by atoms with Gasteiger partial charge in [-0.3, -0.25) is 0 Å². The molecule has 0 aliphatic rings. The van der Waals surface area contributed by atoms with Crippen LogP contribution in [-0.4, -0.2) is 16.4 Å². The third-order valence-corrected chi connectivity index (χ3v) is 4.49. The third kappa shape index (κ3) is 3.45. The van der Waals surface area contributed by atoms with E-state index in [1.807, 2.05) is 19.2 Å². The highest BCUT2D eigenvalue weighted by Crippen LogP contribution is 2.31. The Bertz CT molecular complexity index is 528. The van der Waals surface area contributed by atoms with Crippen molar-refractivity contribution in [2.24, 2.45) is 0 Å². The fraction of sp³-hybridized carbons (Fsp3) is 0.333. The smallest absolute Gasteiger partial charge is 0.174 e. The Labute approximate surface area is 120 Å². The maximum atomic E-state index is 6.22. The normalized spacial score (nSPS) is 10.8. The molecule has 1 aromatic carbocycles. The van der Waals surface area contributed by atoms with Crippen LogP contribution in [-0.2, 0) is 13.0 Å². The lowest BCUT2D eigenvalue weighted by Gasteiger charge is -2.05. The number of aryl methyl sites for hydroxylation is 1. The molecule has 1 aromatic heterocycles. The van der Waals surface area contributed by atoms with E-state index in [9.17, 15) is 0 Å². The van der Waals surface area contributed by atoms with Crippen molar-refractivity contribution < 1.29 is 0 Å². The van der Waals surface area contributed by atoms with Crippen molar-refractivity contribution in [3.8, 4) is 0 Å². The van der Waals surface area contributed by atoms with Crippen LogP contribution in [0.5, 0.6) is 0 Å². The summed E-state index contributed by atoms with van der Waals surface area (Å²) in [7, 11) is 1.91. The predicted octanol–water partition coefficient (Wildman–Crippen LogP) is 3.62. The van der Waals surface area contributed by atoms with Gasteiger partial charge >= 0.3 is 0 Å². The molecular weight excluding hydrogens is 286 g/mol. The molecule has 1 N–H and O–H groups in total. The molecule has 2 aromatic rings. The molecular formula is C12H14ClN3S2. The molecule has 0 saturated heterocycles. The molecule has 1 heterocycles. The van der Waals surface area contributed by atoms with Gasteiger partial charge in [0.05, 0.1) is 0 Å². The highest BCUT2D eigenvalue weighted by Gasteiger charge is 2.06. The van der Waals surface area contributed by atoms with Gasteiger partial charge < -0.3 is 5.32 Å². The van der Waals surface area contributed by atoms with Crippen molar-refractivity contribution in [2.45, 2.75) is 29.1 Å². The van der Waals surface area contributed by atoms with E-state index in [-0.39, 0.29) is 0 Å². The number of rotatable bonds is 5. The standard InChI is InChI=1S/C12H14ClN3S2/c1-3-11-15-12(18-16-11)17-9-5-4-8(7-14-2)10(13)6-9/h4-6,14H,3,7H2,1-2H3. The molecule has 0 amide bonds. The van der Waals surface area contributed by atoms with Gasteiger partial charge in [0.2, 0.25) is 0 Å². The number of hydrogen-bond acceptors (Lipinski definition) is 5. The maximum Gasteiger partial charge on any atom is 0.174 e. The summed E-state index contributed by atoms with van der Waals surface area (Å²) in [5.41, 5.74) is 1.11. The lowest BCUT2D eigenvalue weighted by Crippen LogP contribution is -2.05. The van der Waals surface area contributed by atoms with Crippen LogP contribution in [0.4, 0.5) is 0 Å². The van der Waals surface area contributed by atoms with Gasteiger partial charge in [0.1, 0.15) is 5.82 Å². The van der Waals surface area contributed by atoms with Crippen molar-refractivity contribution in [1.82, 2.24) is 14.7 Å². The van der Waals surface area contributed by atoms with Gasteiger partial charge in [0, 0.05) is 22.9 Å². The Kier molecular flexibility index (Phi) is 5.00. The maximum absolute atomic E-state index is 6.22. The first-order valence-electron chi connectivity index (χ1n) is 5.66. The van der Waals surface area contributed by atoms with E-state index in [0.717, 1.165) is 38.6 Å². The van der Waals surface area contributed by atoms with E-state index in [4.69, 9.17) is 11.6 Å². The minimum Gasteiger partial charge on any atom is -0.316 e. The number of nitrogens with zero attached hydrogens (tertiary/aromatic N) is 2. The largest absolute Gasteiger partial charge is 0.316 e. The van der Waals surface area contributed by atoms with Gasteiger partial charge in [-0.1, -0.05) is 36.4 Å². The lowest BCUT2D eigenvalue weighted by molar-refractivity contribution is 0.817. The van der Waals surface area contributed by atoms with Gasteiger partial charge in [-0.15, -0.1) is 0 Å². The Morgan fingerprint density at radius 1 is 1.44 bits per heavy atom. The first kappa shape index (κ1) is 13.8. The number of aromatic nitrogens is 2. The molecule has 0 radical (unpaired) electrons. The molecule has 2 rings (SSSR count). The Morgan fingerprint density at radius 3 is 2.89 bits per heavy atom. The zero-order valence-corrected chi connectivity index (χ0v) is 12.6. The van der Waals surface area contributed by atoms with Crippen molar-refractivity contribution in [3.63, 3.8) is 0 Å². The number of benzene rings is 1. The van der Waals surface area contributed by atoms with Crippen molar-refractivity contribution in [1.29, 1.82) is 0 Å². The molecule has 6 heteroatoms. The molecule has 0 spiro atoms. The van der Waals surface area contributed by atoms with Crippen molar-refractivity contribution in [2.75, 3.05) is 7.05 Å². The number of halogens is 1. The van der Waals surface area contributed by atoms with E-state index >= 15 is 0 Å². The summed E-state index contributed by atoms with van der Waals surface area (Å²) in [5.74, 6) is 0.903. The number of hydrogen-bond donors (Lipinski definition) is 1. The van der Waals surface area contributed by atoms with E-state index < -0.39 is 0 Å². The molecule has 3 nitrogen and oxygen atoms in total. The lowest BCUT2D eigenvalue weighted by atomic mass is 10.2. The summed E-state index contributed by atoms with van der Waals surface area (Å²) in [5, 5.41) is 3.88. The van der Waals surface area contributed by atoms with Crippen LogP contribution < -0.4 is 5.32 Å². The highest BCUT2D eigenvalue weighted by atomic mass is 35.5. The molecule has 0 saturated carbocycles. The second-order valence-electron chi connectivity index (χ2n) is 3.72. The van der Waals surface area contributed by atoms with Gasteiger partial charge in [0.25, 0.3) is 0 Å². The third-order valence-electron chi connectivity index (χ3n) is 2.36. The Morgan fingerprint density at radius 2 is 2.28 bits per heavy atom. The summed E-state index contributed by atoms with van der Waals surface area (Å²) in [4.78, 5) is 5.52. The first-order valence-corrected chi connectivity index (χ1v) is 7.63. The zero-order valence-electron chi connectivity index (χ0n) is 10.2. The Hall–Kier alpha value is -0.620. The average molecular weight is 300 g/mol. The quantitative estimate of drug-likeness (QED) is 0.915. The van der Waals surface area contributed by atoms with Crippen LogP contribution in [0.2, 0.25) is 5.02 Å². The summed E-state index contributed by atoms with van der Waals surface area (Å²) in [6.07, 6.45) is 0.874. The monoisotopic (exact) mass is 299 g/mol. The molecule has 0 aliphatic carbocycles. The van der Waals surface area contributed by atoms with Crippen LogP contribution in [0.15, 0.2) is 27.4 Å². The molecule has 0 atom stereocenters. The number of nitrogens with one attached hydrogen (secondary N) is 1. The minimum atomic E-state index is 0.780. The van der Waals surface area contributed by atoms with Crippen LogP contribution in [0.1, 0.15) is 18.3 Å². The van der Waals surface area contributed by atoms with Gasteiger partial charge in [-0.05, 0) is 36.3 Å². The summed E-state index contributed by atoms with van der Waals surface area (Å²) in [6.45, 7) is 2.84. The topological polar surface area (TPSA) is 37.8 Å². The Balaban J connectivity index is 2.12. The van der Waals surface area contributed by atoms with Crippen LogP contribution in [0.25, 0.3) is 0 Å². The van der Waals surface area contributed by atoms with Crippen LogP contribution in [0, 0.1) is 0 Å². The molecule has 0 fully saturated rings. The predicted molar refractivity (Wildman–Crippen MR) is 77.6 cm³/mol. The van der Waals surface area contributed by atoms with Crippen LogP contribution in [0.3, 0.4) is 0 Å². The fourth-order valence-corrected chi connectivity index (χ4v) is 3.48. The molecule has 96 valence electrons. The minimum absolute atomic E-state index is 0.780. The zero-order chi connectivity index (χ0) is 13.0. The SMILES string of the molecule is CCc1nsc(Sc2ccc(CNC)c(Cl)c2)n1. The van der Waals surface area contributed by atoms with Crippen molar-refractivity contribution in [3.05, 3.63) is 34.6 Å². The molecule has 0 bridgehead atoms. The average Bonchev–Trinajstić information content (AvgIpc) is 2.80. The van der Waals surface area contributed by atoms with Crippen molar-refractivity contribution >= 4 is 34.9 Å².